The summed E-state index contributed by atoms with van der Waals surface area (Å²) < 4.78 is 11.8. The van der Waals surface area contributed by atoms with Crippen LogP contribution in [0, 0.1) is 0 Å². The zero-order valence-electron chi connectivity index (χ0n) is 16.6. The second kappa shape index (κ2) is 11.0. The molecule has 0 aromatic heterocycles. The standard InChI is InChI=1S/C25H29NO2/c1-2-17-27-23-14-8-12-22(19-23)20-26-24-15-6-7-16-25(24)28-18-9-13-21-10-4-3-5-11-21/h3-8,10-12,14-16,19,26H,2,9,13,17-18,20H2,1H3. The van der Waals surface area contributed by atoms with E-state index in [4.69, 9.17) is 9.47 Å². The van der Waals surface area contributed by atoms with E-state index in [9.17, 15) is 0 Å². The number of hydrogen-bond acceptors (Lipinski definition) is 3. The van der Waals surface area contributed by atoms with Gasteiger partial charge in [-0.15, -0.1) is 0 Å². The highest BCUT2D eigenvalue weighted by Crippen LogP contribution is 2.25. The molecule has 3 nitrogen and oxygen atoms in total. The number of nitrogens with one attached hydrogen (secondary N) is 1. The van der Waals surface area contributed by atoms with Crippen LogP contribution >= 0.6 is 0 Å². The third-order valence-electron chi connectivity index (χ3n) is 4.45. The van der Waals surface area contributed by atoms with Crippen molar-refractivity contribution in [3.05, 3.63) is 90.0 Å². The molecule has 0 heterocycles. The van der Waals surface area contributed by atoms with E-state index in [1.54, 1.807) is 0 Å². The Balaban J connectivity index is 1.51. The van der Waals surface area contributed by atoms with E-state index in [1.807, 2.05) is 36.4 Å². The SMILES string of the molecule is CCCOc1cccc(CNc2ccccc2OCCCc2ccccc2)c1. The van der Waals surface area contributed by atoms with Crippen molar-refractivity contribution in [2.45, 2.75) is 32.7 Å². The Bertz CT molecular complexity index is 833. The number of aryl methyl sites for hydroxylation is 1. The lowest BCUT2D eigenvalue weighted by Crippen LogP contribution is -2.05. The molecule has 0 bridgehead atoms. The lowest BCUT2D eigenvalue weighted by atomic mass is 10.1. The van der Waals surface area contributed by atoms with E-state index in [-0.39, 0.29) is 0 Å². The molecule has 0 saturated carbocycles. The molecular formula is C25H29NO2. The Hall–Kier alpha value is -2.94. The first-order chi connectivity index (χ1) is 13.8. The van der Waals surface area contributed by atoms with Gasteiger partial charge in [-0.3, -0.25) is 0 Å². The monoisotopic (exact) mass is 375 g/mol. The predicted molar refractivity (Wildman–Crippen MR) is 116 cm³/mol. The van der Waals surface area contributed by atoms with Gasteiger partial charge in [0.1, 0.15) is 11.5 Å². The number of ether oxygens (including phenoxy) is 2. The number of para-hydroxylation sites is 2. The van der Waals surface area contributed by atoms with Crippen molar-refractivity contribution >= 4 is 5.69 Å². The molecule has 0 spiro atoms. The second-order valence-electron chi connectivity index (χ2n) is 6.78. The largest absolute Gasteiger partial charge is 0.494 e. The van der Waals surface area contributed by atoms with Crippen LogP contribution in [0.5, 0.6) is 11.5 Å². The van der Waals surface area contributed by atoms with E-state index in [2.05, 4.69) is 54.7 Å². The maximum absolute atomic E-state index is 6.04. The van der Waals surface area contributed by atoms with E-state index < -0.39 is 0 Å². The summed E-state index contributed by atoms with van der Waals surface area (Å²) in [6, 6.07) is 26.9. The van der Waals surface area contributed by atoms with Gasteiger partial charge in [0.2, 0.25) is 0 Å². The maximum Gasteiger partial charge on any atom is 0.142 e. The van der Waals surface area contributed by atoms with Crippen LogP contribution < -0.4 is 14.8 Å². The fourth-order valence-electron chi connectivity index (χ4n) is 3.00. The minimum absolute atomic E-state index is 0.702. The summed E-state index contributed by atoms with van der Waals surface area (Å²) >= 11 is 0. The Labute approximate surface area is 168 Å². The summed E-state index contributed by atoms with van der Waals surface area (Å²) in [5.74, 6) is 1.82. The molecule has 3 heteroatoms. The van der Waals surface area contributed by atoms with Gasteiger partial charge in [-0.05, 0) is 54.7 Å². The third-order valence-corrected chi connectivity index (χ3v) is 4.45. The van der Waals surface area contributed by atoms with Gasteiger partial charge in [-0.2, -0.15) is 0 Å². The van der Waals surface area contributed by atoms with Crippen LogP contribution in [0.3, 0.4) is 0 Å². The zero-order valence-corrected chi connectivity index (χ0v) is 16.6. The number of rotatable bonds is 11. The molecule has 146 valence electrons. The Kier molecular flexibility index (Phi) is 7.80. The van der Waals surface area contributed by atoms with Crippen LogP contribution in [0.25, 0.3) is 0 Å². The highest BCUT2D eigenvalue weighted by Gasteiger charge is 2.04. The van der Waals surface area contributed by atoms with Crippen LogP contribution in [0.1, 0.15) is 30.9 Å². The van der Waals surface area contributed by atoms with Crippen LogP contribution in [-0.4, -0.2) is 13.2 Å². The number of anilines is 1. The summed E-state index contributed by atoms with van der Waals surface area (Å²) in [7, 11) is 0. The highest BCUT2D eigenvalue weighted by atomic mass is 16.5. The lowest BCUT2D eigenvalue weighted by molar-refractivity contribution is 0.312. The van der Waals surface area contributed by atoms with Gasteiger partial charge in [-0.25, -0.2) is 0 Å². The lowest BCUT2D eigenvalue weighted by Gasteiger charge is -2.14. The molecule has 0 aliphatic rings. The van der Waals surface area contributed by atoms with E-state index in [0.717, 1.165) is 49.6 Å². The molecule has 3 rings (SSSR count). The first kappa shape index (κ1) is 19.8. The molecule has 0 aliphatic carbocycles. The van der Waals surface area contributed by atoms with Gasteiger partial charge >= 0.3 is 0 Å². The van der Waals surface area contributed by atoms with E-state index in [1.165, 1.54) is 11.1 Å². The van der Waals surface area contributed by atoms with E-state index >= 15 is 0 Å². The Morgan fingerprint density at radius 2 is 1.54 bits per heavy atom. The first-order valence-corrected chi connectivity index (χ1v) is 10.1. The highest BCUT2D eigenvalue weighted by molar-refractivity contribution is 5.56. The molecule has 0 fully saturated rings. The van der Waals surface area contributed by atoms with Crippen LogP contribution in [0.4, 0.5) is 5.69 Å². The van der Waals surface area contributed by atoms with Crippen LogP contribution in [0.2, 0.25) is 0 Å². The smallest absolute Gasteiger partial charge is 0.142 e. The maximum atomic E-state index is 6.04. The van der Waals surface area contributed by atoms with Gasteiger partial charge < -0.3 is 14.8 Å². The number of benzene rings is 3. The second-order valence-corrected chi connectivity index (χ2v) is 6.78. The molecule has 0 radical (unpaired) electrons. The molecule has 28 heavy (non-hydrogen) atoms. The van der Waals surface area contributed by atoms with Crippen molar-refractivity contribution in [1.82, 2.24) is 0 Å². The molecule has 0 saturated heterocycles. The minimum atomic E-state index is 0.702. The van der Waals surface area contributed by atoms with Crippen LogP contribution in [-0.2, 0) is 13.0 Å². The third kappa shape index (κ3) is 6.34. The normalized spacial score (nSPS) is 10.5. The van der Waals surface area contributed by atoms with Gasteiger partial charge in [0.25, 0.3) is 0 Å². The fourth-order valence-corrected chi connectivity index (χ4v) is 3.00. The molecule has 0 atom stereocenters. The summed E-state index contributed by atoms with van der Waals surface area (Å²) in [4.78, 5) is 0. The quantitative estimate of drug-likeness (QED) is 0.411. The zero-order chi connectivity index (χ0) is 19.4. The molecule has 3 aromatic carbocycles. The number of hydrogen-bond donors (Lipinski definition) is 1. The van der Waals surface area contributed by atoms with Crippen molar-refractivity contribution < 1.29 is 9.47 Å². The van der Waals surface area contributed by atoms with Gasteiger partial charge in [-0.1, -0.05) is 61.5 Å². The summed E-state index contributed by atoms with van der Waals surface area (Å²) in [5.41, 5.74) is 3.55. The average Bonchev–Trinajstić information content (AvgIpc) is 2.75. The fraction of sp³-hybridized carbons (Fsp3) is 0.280. The average molecular weight is 376 g/mol. The molecule has 0 amide bonds. The van der Waals surface area contributed by atoms with Crippen molar-refractivity contribution in [1.29, 1.82) is 0 Å². The van der Waals surface area contributed by atoms with Crippen LogP contribution in [0.15, 0.2) is 78.9 Å². The topological polar surface area (TPSA) is 30.5 Å². The van der Waals surface area contributed by atoms with Crippen molar-refractivity contribution in [2.24, 2.45) is 0 Å². The molecular weight excluding hydrogens is 346 g/mol. The summed E-state index contributed by atoms with van der Waals surface area (Å²) in [6.07, 6.45) is 3.04. The van der Waals surface area contributed by atoms with Gasteiger partial charge in [0.15, 0.2) is 0 Å². The summed E-state index contributed by atoms with van der Waals surface area (Å²) in [6.45, 7) is 4.29. The minimum Gasteiger partial charge on any atom is -0.494 e. The first-order valence-electron chi connectivity index (χ1n) is 10.1. The van der Waals surface area contributed by atoms with Gasteiger partial charge in [0.05, 0.1) is 18.9 Å². The van der Waals surface area contributed by atoms with Crippen molar-refractivity contribution in [2.75, 3.05) is 18.5 Å². The molecule has 0 aliphatic heterocycles. The summed E-state index contributed by atoms with van der Waals surface area (Å²) in [5, 5.41) is 3.49. The van der Waals surface area contributed by atoms with E-state index in [0.29, 0.717) is 6.61 Å². The molecule has 3 aromatic rings. The Morgan fingerprint density at radius 3 is 2.39 bits per heavy atom. The van der Waals surface area contributed by atoms with Crippen molar-refractivity contribution in [3.8, 4) is 11.5 Å². The molecule has 0 unspecified atom stereocenters. The Morgan fingerprint density at radius 1 is 0.750 bits per heavy atom. The van der Waals surface area contributed by atoms with Crippen molar-refractivity contribution in [3.63, 3.8) is 0 Å². The van der Waals surface area contributed by atoms with Gasteiger partial charge in [0, 0.05) is 6.54 Å². The molecule has 1 N–H and O–H groups in total. The predicted octanol–water partition coefficient (Wildman–Crippen LogP) is 6.10.